The summed E-state index contributed by atoms with van der Waals surface area (Å²) in [5.41, 5.74) is 1.16. The first-order valence-electron chi connectivity index (χ1n) is 6.82. The first kappa shape index (κ1) is 14.8. The molecule has 106 valence electrons. The number of ether oxygens (including phenoxy) is 1. The molecule has 0 saturated carbocycles. The summed E-state index contributed by atoms with van der Waals surface area (Å²) in [6, 6.07) is 11.5. The number of halogens is 1. The van der Waals surface area contributed by atoms with E-state index in [0.717, 1.165) is 18.5 Å². The number of rotatable bonds is 6. The molecule has 4 heteroatoms. The lowest BCUT2D eigenvalue weighted by atomic mass is 10.1. The zero-order valence-electron chi connectivity index (χ0n) is 11.8. The minimum atomic E-state index is 0.277. The summed E-state index contributed by atoms with van der Waals surface area (Å²) >= 11 is 5.94. The van der Waals surface area contributed by atoms with Gasteiger partial charge in [0.25, 0.3) is 0 Å². The number of aromatic nitrogens is 1. The molecule has 2 rings (SSSR count). The predicted octanol–water partition coefficient (Wildman–Crippen LogP) is 4.59. The van der Waals surface area contributed by atoms with E-state index in [1.54, 1.807) is 12.3 Å². The van der Waals surface area contributed by atoms with Crippen LogP contribution in [0.5, 0.6) is 11.6 Å². The van der Waals surface area contributed by atoms with Crippen LogP contribution in [-0.2, 0) is 0 Å². The molecule has 0 aliphatic rings. The summed E-state index contributed by atoms with van der Waals surface area (Å²) in [5.74, 6) is 1.27. The van der Waals surface area contributed by atoms with Crippen LogP contribution in [0.3, 0.4) is 0 Å². The number of pyridine rings is 1. The normalized spacial score (nSPS) is 12.2. The van der Waals surface area contributed by atoms with E-state index in [4.69, 9.17) is 16.3 Å². The summed E-state index contributed by atoms with van der Waals surface area (Å²) in [6.07, 6.45) is 2.88. The molecule has 20 heavy (non-hydrogen) atoms. The number of hydrogen-bond donors (Lipinski definition) is 1. The van der Waals surface area contributed by atoms with Gasteiger partial charge in [-0.15, -0.1) is 0 Å². The molecule has 0 saturated heterocycles. The van der Waals surface area contributed by atoms with Crippen molar-refractivity contribution >= 4 is 11.6 Å². The van der Waals surface area contributed by atoms with Crippen molar-refractivity contribution in [2.45, 2.75) is 26.3 Å². The first-order chi connectivity index (χ1) is 9.69. The number of nitrogens with zero attached hydrogens (tertiary/aromatic N) is 1. The maximum absolute atomic E-state index is 5.94. The van der Waals surface area contributed by atoms with Gasteiger partial charge in [-0.25, -0.2) is 4.98 Å². The van der Waals surface area contributed by atoms with E-state index in [2.05, 4.69) is 24.1 Å². The summed E-state index contributed by atoms with van der Waals surface area (Å²) in [7, 11) is 0. The van der Waals surface area contributed by atoms with Crippen LogP contribution in [0.4, 0.5) is 0 Å². The Hall–Kier alpha value is -1.58. The molecule has 0 spiro atoms. The van der Waals surface area contributed by atoms with E-state index in [9.17, 15) is 0 Å². The molecule has 0 bridgehead atoms. The smallest absolute Gasteiger partial charge is 0.219 e. The average molecular weight is 291 g/mol. The van der Waals surface area contributed by atoms with E-state index >= 15 is 0 Å². The fourth-order valence-electron chi connectivity index (χ4n) is 1.88. The quantitative estimate of drug-likeness (QED) is 0.845. The van der Waals surface area contributed by atoms with Gasteiger partial charge in [0.2, 0.25) is 5.88 Å². The van der Waals surface area contributed by atoms with E-state index in [1.165, 1.54) is 0 Å². The number of hydrogen-bond acceptors (Lipinski definition) is 3. The summed E-state index contributed by atoms with van der Waals surface area (Å²) in [4.78, 5) is 4.23. The molecule has 3 nitrogen and oxygen atoms in total. The monoisotopic (exact) mass is 290 g/mol. The maximum Gasteiger partial charge on any atom is 0.219 e. The van der Waals surface area contributed by atoms with Gasteiger partial charge in [-0.1, -0.05) is 24.6 Å². The van der Waals surface area contributed by atoms with Crippen molar-refractivity contribution in [3.63, 3.8) is 0 Å². The Bertz CT molecular complexity index is 560. The van der Waals surface area contributed by atoms with Gasteiger partial charge in [-0.2, -0.15) is 0 Å². The molecule has 1 aromatic carbocycles. The van der Waals surface area contributed by atoms with Gasteiger partial charge < -0.3 is 10.1 Å². The van der Waals surface area contributed by atoms with E-state index in [0.29, 0.717) is 16.7 Å². The number of benzene rings is 1. The third kappa shape index (κ3) is 4.22. The average Bonchev–Trinajstić information content (AvgIpc) is 2.45. The fraction of sp³-hybridized carbons (Fsp3) is 0.312. The molecule has 1 atom stereocenters. The Morgan fingerprint density at radius 3 is 2.90 bits per heavy atom. The highest BCUT2D eigenvalue weighted by Gasteiger charge is 2.07. The van der Waals surface area contributed by atoms with Crippen molar-refractivity contribution in [1.82, 2.24) is 10.3 Å². The van der Waals surface area contributed by atoms with E-state index in [1.807, 2.05) is 30.3 Å². The van der Waals surface area contributed by atoms with Crippen molar-refractivity contribution in [1.29, 1.82) is 0 Å². The zero-order chi connectivity index (χ0) is 14.4. The first-order valence-corrected chi connectivity index (χ1v) is 7.19. The van der Waals surface area contributed by atoms with Crippen LogP contribution in [-0.4, -0.2) is 11.5 Å². The topological polar surface area (TPSA) is 34.2 Å². The maximum atomic E-state index is 5.94. The lowest BCUT2D eigenvalue weighted by Crippen LogP contribution is -2.19. The number of nitrogens with one attached hydrogen (secondary N) is 1. The second-order valence-corrected chi connectivity index (χ2v) is 5.10. The Kier molecular flexibility index (Phi) is 5.39. The van der Waals surface area contributed by atoms with E-state index in [-0.39, 0.29) is 6.04 Å². The van der Waals surface area contributed by atoms with Gasteiger partial charge >= 0.3 is 0 Å². The van der Waals surface area contributed by atoms with Gasteiger partial charge in [0.15, 0.2) is 0 Å². The van der Waals surface area contributed by atoms with Gasteiger partial charge in [-0.3, -0.25) is 0 Å². The highest BCUT2D eigenvalue weighted by atomic mass is 35.5. The minimum Gasteiger partial charge on any atom is -0.439 e. The van der Waals surface area contributed by atoms with Gasteiger partial charge in [0, 0.05) is 23.3 Å². The molecule has 0 radical (unpaired) electrons. The third-order valence-corrected chi connectivity index (χ3v) is 3.21. The molecule has 1 unspecified atom stereocenters. The van der Waals surface area contributed by atoms with Crippen molar-refractivity contribution in [3.05, 3.63) is 53.2 Å². The lowest BCUT2D eigenvalue weighted by molar-refractivity contribution is 0.460. The molecule has 0 aliphatic carbocycles. The van der Waals surface area contributed by atoms with Gasteiger partial charge in [0.1, 0.15) is 5.75 Å². The Labute approximate surface area is 124 Å². The predicted molar refractivity (Wildman–Crippen MR) is 82.5 cm³/mol. The molecular formula is C16H19ClN2O. The minimum absolute atomic E-state index is 0.277. The standard InChI is InChI=1S/C16H19ClN2O/c1-3-8-18-12(2)13-7-9-19-16(10-13)20-15-6-4-5-14(17)11-15/h4-7,9-12,18H,3,8H2,1-2H3. The molecule has 1 heterocycles. The molecule has 1 N–H and O–H groups in total. The van der Waals surface area contributed by atoms with Crippen molar-refractivity contribution in [3.8, 4) is 11.6 Å². The highest BCUT2D eigenvalue weighted by molar-refractivity contribution is 6.30. The van der Waals surface area contributed by atoms with Crippen LogP contribution in [0.1, 0.15) is 31.9 Å². The largest absolute Gasteiger partial charge is 0.439 e. The van der Waals surface area contributed by atoms with Crippen LogP contribution in [0.15, 0.2) is 42.6 Å². The van der Waals surface area contributed by atoms with E-state index < -0.39 is 0 Å². The molecular weight excluding hydrogens is 272 g/mol. The summed E-state index contributed by atoms with van der Waals surface area (Å²) < 4.78 is 5.73. The van der Waals surface area contributed by atoms with Gasteiger partial charge in [-0.05, 0) is 49.7 Å². The molecule has 0 amide bonds. The van der Waals surface area contributed by atoms with Gasteiger partial charge in [0.05, 0.1) is 0 Å². The molecule has 0 fully saturated rings. The zero-order valence-corrected chi connectivity index (χ0v) is 12.5. The fourth-order valence-corrected chi connectivity index (χ4v) is 2.06. The van der Waals surface area contributed by atoms with Crippen molar-refractivity contribution in [2.24, 2.45) is 0 Å². The molecule has 2 aromatic rings. The van der Waals surface area contributed by atoms with Crippen LogP contribution in [0, 0.1) is 0 Å². The van der Waals surface area contributed by atoms with Crippen molar-refractivity contribution in [2.75, 3.05) is 6.54 Å². The Morgan fingerprint density at radius 2 is 2.15 bits per heavy atom. The third-order valence-electron chi connectivity index (χ3n) is 2.98. The second-order valence-electron chi connectivity index (χ2n) is 4.66. The SMILES string of the molecule is CCCNC(C)c1ccnc(Oc2cccc(Cl)c2)c1. The van der Waals surface area contributed by atoms with Crippen LogP contribution in [0.25, 0.3) is 0 Å². The van der Waals surface area contributed by atoms with Crippen molar-refractivity contribution < 1.29 is 4.74 Å². The molecule has 1 aromatic heterocycles. The second kappa shape index (κ2) is 7.27. The summed E-state index contributed by atoms with van der Waals surface area (Å²) in [6.45, 7) is 5.28. The Morgan fingerprint density at radius 1 is 1.30 bits per heavy atom. The van der Waals surface area contributed by atoms with Crippen LogP contribution < -0.4 is 10.1 Å². The highest BCUT2D eigenvalue weighted by Crippen LogP contribution is 2.24. The summed E-state index contributed by atoms with van der Waals surface area (Å²) in [5, 5.41) is 4.09. The molecule has 0 aliphatic heterocycles. The van der Waals surface area contributed by atoms with Crippen LogP contribution in [0.2, 0.25) is 5.02 Å². The lowest BCUT2D eigenvalue weighted by Gasteiger charge is -2.14. The van der Waals surface area contributed by atoms with Crippen LogP contribution >= 0.6 is 11.6 Å². The Balaban J connectivity index is 2.09.